The van der Waals surface area contributed by atoms with Crippen molar-refractivity contribution in [2.24, 2.45) is 0 Å². The molecular weight excluding hydrogens is 286 g/mol. The maximum atomic E-state index is 11.4. The highest BCUT2D eigenvalue weighted by atomic mass is 35.5. The molecule has 2 atom stereocenters. The Kier molecular flexibility index (Phi) is 4.78. The van der Waals surface area contributed by atoms with Crippen LogP contribution in [0.5, 0.6) is 0 Å². The van der Waals surface area contributed by atoms with Gasteiger partial charge in [0.1, 0.15) is 5.15 Å². The monoisotopic (exact) mass is 303 g/mol. The molecule has 2 rings (SSSR count). The molecule has 0 aliphatic carbocycles. The van der Waals surface area contributed by atoms with E-state index in [2.05, 4.69) is 15.0 Å². The van der Waals surface area contributed by atoms with Crippen molar-refractivity contribution in [1.82, 2.24) is 15.0 Å². The van der Waals surface area contributed by atoms with E-state index in [9.17, 15) is 8.42 Å². The number of hydrogen-bond donors (Lipinski definition) is 2. The largest absolute Gasteiger partial charge is 0.312 e. The molecule has 19 heavy (non-hydrogen) atoms. The second-order valence-electron chi connectivity index (χ2n) is 4.89. The first-order valence-electron chi connectivity index (χ1n) is 6.25. The molecule has 0 saturated carbocycles. The molecule has 5 nitrogen and oxygen atoms in total. The average Bonchev–Trinajstić information content (AvgIpc) is 2.33. The Balaban J connectivity index is 2.05. The second kappa shape index (κ2) is 6.17. The van der Waals surface area contributed by atoms with Crippen molar-refractivity contribution < 1.29 is 8.42 Å². The highest BCUT2D eigenvalue weighted by molar-refractivity contribution is 7.88. The van der Waals surface area contributed by atoms with Crippen LogP contribution in [-0.4, -0.2) is 38.3 Å². The predicted molar refractivity (Wildman–Crippen MR) is 75.7 cm³/mol. The molecule has 0 spiro atoms. The van der Waals surface area contributed by atoms with Crippen LogP contribution >= 0.6 is 11.6 Å². The molecule has 1 saturated heterocycles. The summed E-state index contributed by atoms with van der Waals surface area (Å²) in [5.74, 6) is 0. The molecule has 1 aliphatic rings. The van der Waals surface area contributed by atoms with Crippen LogP contribution in [0.2, 0.25) is 5.15 Å². The van der Waals surface area contributed by atoms with Gasteiger partial charge in [0.15, 0.2) is 0 Å². The number of rotatable bonds is 4. The smallest absolute Gasteiger partial charge is 0.209 e. The minimum Gasteiger partial charge on any atom is -0.312 e. The van der Waals surface area contributed by atoms with Crippen LogP contribution in [0.3, 0.4) is 0 Å². The minimum absolute atomic E-state index is 0.0700. The van der Waals surface area contributed by atoms with Crippen molar-refractivity contribution in [3.63, 3.8) is 0 Å². The van der Waals surface area contributed by atoms with Gasteiger partial charge in [-0.2, -0.15) is 0 Å². The summed E-state index contributed by atoms with van der Waals surface area (Å²) in [4.78, 5) is 4.04. The van der Waals surface area contributed by atoms with Crippen molar-refractivity contribution in [1.29, 1.82) is 0 Å². The van der Waals surface area contributed by atoms with Crippen molar-refractivity contribution in [3.8, 4) is 0 Å². The summed E-state index contributed by atoms with van der Waals surface area (Å²) in [6.45, 7) is 0.910. The molecule has 1 aliphatic heterocycles. The van der Waals surface area contributed by atoms with E-state index < -0.39 is 10.0 Å². The SMILES string of the molecule is CS(=O)(=O)NC1CCCNC1Cc1ccc(Cl)nc1. The molecule has 0 bridgehead atoms. The van der Waals surface area contributed by atoms with Crippen LogP contribution in [0.4, 0.5) is 0 Å². The minimum atomic E-state index is -3.18. The van der Waals surface area contributed by atoms with Gasteiger partial charge in [0, 0.05) is 18.3 Å². The fourth-order valence-corrected chi connectivity index (χ4v) is 3.31. The summed E-state index contributed by atoms with van der Waals surface area (Å²) >= 11 is 5.75. The Hall–Kier alpha value is -0.690. The van der Waals surface area contributed by atoms with Gasteiger partial charge in [-0.25, -0.2) is 18.1 Å². The third-order valence-electron chi connectivity index (χ3n) is 3.19. The Morgan fingerprint density at radius 2 is 2.32 bits per heavy atom. The maximum absolute atomic E-state index is 11.4. The molecule has 0 aromatic carbocycles. The first-order chi connectivity index (χ1) is 8.94. The fraction of sp³-hybridized carbons (Fsp3) is 0.583. The van der Waals surface area contributed by atoms with Gasteiger partial charge in [0.25, 0.3) is 0 Å². The van der Waals surface area contributed by atoms with Crippen molar-refractivity contribution in [2.45, 2.75) is 31.3 Å². The van der Waals surface area contributed by atoms with Gasteiger partial charge in [-0.1, -0.05) is 17.7 Å². The first-order valence-corrected chi connectivity index (χ1v) is 8.52. The van der Waals surface area contributed by atoms with E-state index in [1.165, 1.54) is 6.26 Å². The lowest BCUT2D eigenvalue weighted by Crippen LogP contribution is -2.54. The van der Waals surface area contributed by atoms with Gasteiger partial charge in [0.2, 0.25) is 10.0 Å². The molecule has 1 fully saturated rings. The number of piperidine rings is 1. The fourth-order valence-electron chi connectivity index (χ4n) is 2.36. The van der Waals surface area contributed by atoms with Crippen LogP contribution in [-0.2, 0) is 16.4 Å². The number of nitrogens with zero attached hydrogens (tertiary/aromatic N) is 1. The summed E-state index contributed by atoms with van der Waals surface area (Å²) in [6, 6.07) is 3.69. The van der Waals surface area contributed by atoms with E-state index >= 15 is 0 Å². The van der Waals surface area contributed by atoms with Gasteiger partial charge in [0.05, 0.1) is 6.26 Å². The van der Waals surface area contributed by atoms with Crippen molar-refractivity contribution in [2.75, 3.05) is 12.8 Å². The summed E-state index contributed by atoms with van der Waals surface area (Å²) in [7, 11) is -3.18. The summed E-state index contributed by atoms with van der Waals surface area (Å²) in [5.41, 5.74) is 1.05. The molecule has 106 valence electrons. The topological polar surface area (TPSA) is 71.1 Å². The van der Waals surface area contributed by atoms with E-state index in [0.29, 0.717) is 5.15 Å². The molecular formula is C12H18ClN3O2S. The first kappa shape index (κ1) is 14.7. The molecule has 1 aromatic heterocycles. The quantitative estimate of drug-likeness (QED) is 0.812. The molecule has 1 aromatic rings. The lowest BCUT2D eigenvalue weighted by Gasteiger charge is -2.32. The number of pyridine rings is 1. The lowest BCUT2D eigenvalue weighted by molar-refractivity contribution is 0.329. The predicted octanol–water partition coefficient (Wildman–Crippen LogP) is 0.947. The zero-order chi connectivity index (χ0) is 13.9. The standard InChI is InChI=1S/C12H18ClN3O2S/c1-19(17,18)16-10-3-2-6-14-11(10)7-9-4-5-12(13)15-8-9/h4-5,8,10-11,14,16H,2-3,6-7H2,1H3. The maximum Gasteiger partial charge on any atom is 0.209 e. The van der Waals surface area contributed by atoms with Crippen LogP contribution in [0.15, 0.2) is 18.3 Å². The molecule has 2 heterocycles. The van der Waals surface area contributed by atoms with E-state index in [-0.39, 0.29) is 12.1 Å². The molecule has 0 amide bonds. The highest BCUT2D eigenvalue weighted by Crippen LogP contribution is 2.15. The van der Waals surface area contributed by atoms with E-state index in [4.69, 9.17) is 11.6 Å². The van der Waals surface area contributed by atoms with Gasteiger partial charge >= 0.3 is 0 Å². The molecule has 2 unspecified atom stereocenters. The number of halogens is 1. The van der Waals surface area contributed by atoms with E-state index in [1.54, 1.807) is 12.3 Å². The van der Waals surface area contributed by atoms with Crippen LogP contribution in [0.25, 0.3) is 0 Å². The number of sulfonamides is 1. The number of nitrogens with one attached hydrogen (secondary N) is 2. The van der Waals surface area contributed by atoms with Crippen LogP contribution in [0.1, 0.15) is 18.4 Å². The van der Waals surface area contributed by atoms with E-state index in [1.807, 2.05) is 6.07 Å². The Bertz CT molecular complexity index is 518. The summed E-state index contributed by atoms with van der Waals surface area (Å²) in [5, 5.41) is 3.83. The van der Waals surface area contributed by atoms with Crippen molar-refractivity contribution >= 4 is 21.6 Å². The van der Waals surface area contributed by atoms with Gasteiger partial charge in [-0.3, -0.25) is 0 Å². The van der Waals surface area contributed by atoms with Crippen molar-refractivity contribution in [3.05, 3.63) is 29.0 Å². The molecule has 0 radical (unpaired) electrons. The second-order valence-corrected chi connectivity index (χ2v) is 7.06. The van der Waals surface area contributed by atoms with E-state index in [0.717, 1.165) is 31.4 Å². The molecule has 7 heteroatoms. The van der Waals surface area contributed by atoms with Crippen LogP contribution < -0.4 is 10.0 Å². The zero-order valence-electron chi connectivity index (χ0n) is 10.8. The normalized spacial score (nSPS) is 24.3. The third kappa shape index (κ3) is 4.72. The lowest BCUT2D eigenvalue weighted by atomic mass is 9.94. The zero-order valence-corrected chi connectivity index (χ0v) is 12.3. The summed E-state index contributed by atoms with van der Waals surface area (Å²) in [6.07, 6.45) is 5.49. The third-order valence-corrected chi connectivity index (χ3v) is 4.15. The highest BCUT2D eigenvalue weighted by Gasteiger charge is 2.27. The Morgan fingerprint density at radius 1 is 1.53 bits per heavy atom. The molecule has 2 N–H and O–H groups in total. The number of aromatic nitrogens is 1. The number of hydrogen-bond acceptors (Lipinski definition) is 4. The Labute approximate surface area is 118 Å². The van der Waals surface area contributed by atoms with Gasteiger partial charge < -0.3 is 5.32 Å². The van der Waals surface area contributed by atoms with Crippen LogP contribution in [0, 0.1) is 0 Å². The van der Waals surface area contributed by atoms with Gasteiger partial charge in [-0.05, 0) is 37.4 Å². The average molecular weight is 304 g/mol. The Morgan fingerprint density at radius 3 is 2.95 bits per heavy atom. The van der Waals surface area contributed by atoms with Gasteiger partial charge in [-0.15, -0.1) is 0 Å². The summed E-state index contributed by atoms with van der Waals surface area (Å²) < 4.78 is 25.4.